The number of anilines is 2. The van der Waals surface area contributed by atoms with E-state index in [1.165, 1.54) is 18.5 Å². The summed E-state index contributed by atoms with van der Waals surface area (Å²) >= 11 is 0. The van der Waals surface area contributed by atoms with E-state index >= 15 is 0 Å². The number of nitrogens with zero attached hydrogens (tertiary/aromatic N) is 2. The van der Waals surface area contributed by atoms with Crippen molar-refractivity contribution in [2.45, 2.75) is 46.0 Å². The highest BCUT2D eigenvalue weighted by Gasteiger charge is 2.29. The van der Waals surface area contributed by atoms with E-state index in [9.17, 15) is 14.4 Å². The van der Waals surface area contributed by atoms with Crippen molar-refractivity contribution >= 4 is 29.2 Å². The van der Waals surface area contributed by atoms with Gasteiger partial charge in [0, 0.05) is 44.0 Å². The first-order valence-corrected chi connectivity index (χ1v) is 10.6. The Bertz CT molecular complexity index is 758. The van der Waals surface area contributed by atoms with Crippen LogP contribution in [0.4, 0.5) is 11.4 Å². The number of nitrogens with one attached hydrogen (secondary N) is 1. The number of carbonyl (C=O) groups excluding carboxylic acids is 3. The number of carbonyl (C=O) groups is 3. The van der Waals surface area contributed by atoms with Crippen LogP contribution in [-0.4, -0.2) is 55.5 Å². The van der Waals surface area contributed by atoms with Crippen molar-refractivity contribution in [2.75, 3.05) is 43.0 Å². The maximum atomic E-state index is 12.3. The second-order valence-electron chi connectivity index (χ2n) is 7.88. The molecule has 1 unspecified atom stereocenters. The quantitative estimate of drug-likeness (QED) is 0.742. The number of aryl methyl sites for hydroxylation is 1. The molecule has 1 aromatic carbocycles. The Balaban J connectivity index is 1.48. The molecular weight excluding hydrogens is 370 g/mol. The highest BCUT2D eigenvalue weighted by molar-refractivity contribution is 5.94. The lowest BCUT2D eigenvalue weighted by atomic mass is 9.98. The smallest absolute Gasteiger partial charge is 0.311 e. The molecule has 0 aliphatic carbocycles. The number of rotatable bonds is 6. The number of benzene rings is 1. The lowest BCUT2D eigenvalue weighted by Crippen LogP contribution is -2.42. The highest BCUT2D eigenvalue weighted by atomic mass is 16.5. The van der Waals surface area contributed by atoms with Crippen LogP contribution >= 0.6 is 0 Å². The first-order valence-electron chi connectivity index (χ1n) is 10.6. The molecule has 1 N–H and O–H groups in total. The molecule has 2 aliphatic rings. The van der Waals surface area contributed by atoms with Crippen LogP contribution in [0.2, 0.25) is 0 Å². The number of esters is 1. The Labute approximate surface area is 172 Å². The van der Waals surface area contributed by atoms with Crippen LogP contribution in [0.25, 0.3) is 0 Å². The predicted molar refractivity (Wildman–Crippen MR) is 112 cm³/mol. The summed E-state index contributed by atoms with van der Waals surface area (Å²) in [6, 6.07) is 5.99. The van der Waals surface area contributed by atoms with Gasteiger partial charge in [0.2, 0.25) is 5.91 Å². The largest absolute Gasteiger partial charge is 0.455 e. The lowest BCUT2D eigenvalue weighted by Gasteiger charge is -2.31. The van der Waals surface area contributed by atoms with Crippen molar-refractivity contribution in [1.82, 2.24) is 4.90 Å². The summed E-state index contributed by atoms with van der Waals surface area (Å²) in [4.78, 5) is 40.5. The van der Waals surface area contributed by atoms with Crippen molar-refractivity contribution in [3.63, 3.8) is 0 Å². The fourth-order valence-corrected chi connectivity index (χ4v) is 4.02. The summed E-state index contributed by atoms with van der Waals surface area (Å²) in [6.07, 6.45) is 4.33. The highest BCUT2D eigenvalue weighted by Crippen LogP contribution is 2.25. The Kier molecular flexibility index (Phi) is 7.12. The normalized spacial score (nSPS) is 19.2. The summed E-state index contributed by atoms with van der Waals surface area (Å²) < 4.78 is 5.22. The Morgan fingerprint density at radius 1 is 1.14 bits per heavy atom. The molecule has 0 bridgehead atoms. The van der Waals surface area contributed by atoms with Crippen LogP contribution in [-0.2, 0) is 19.1 Å². The zero-order valence-corrected chi connectivity index (χ0v) is 17.4. The molecule has 3 rings (SSSR count). The van der Waals surface area contributed by atoms with Gasteiger partial charge in [-0.3, -0.25) is 14.4 Å². The minimum Gasteiger partial charge on any atom is -0.455 e. The molecule has 7 heteroatoms. The SMILES string of the molecule is CCC(=O)N1CCCC(C(=O)OCC(=O)Nc2ccc(N3CCCC3)cc2C)C1. The molecule has 2 amide bonds. The van der Waals surface area contributed by atoms with Gasteiger partial charge in [0.25, 0.3) is 5.91 Å². The summed E-state index contributed by atoms with van der Waals surface area (Å²) in [5, 5.41) is 2.82. The van der Waals surface area contributed by atoms with Gasteiger partial charge in [-0.2, -0.15) is 0 Å². The van der Waals surface area contributed by atoms with Crippen molar-refractivity contribution in [3.05, 3.63) is 23.8 Å². The van der Waals surface area contributed by atoms with Gasteiger partial charge in [-0.05, 0) is 56.4 Å². The molecule has 2 aliphatic heterocycles. The van der Waals surface area contributed by atoms with Crippen LogP contribution in [0, 0.1) is 12.8 Å². The van der Waals surface area contributed by atoms with Crippen LogP contribution in [0.15, 0.2) is 18.2 Å². The summed E-state index contributed by atoms with van der Waals surface area (Å²) in [7, 11) is 0. The third-order valence-corrected chi connectivity index (χ3v) is 5.71. The van der Waals surface area contributed by atoms with E-state index in [0.29, 0.717) is 25.9 Å². The zero-order chi connectivity index (χ0) is 20.8. The molecule has 1 aromatic rings. The average molecular weight is 402 g/mol. The Hall–Kier alpha value is -2.57. The molecule has 158 valence electrons. The van der Waals surface area contributed by atoms with Gasteiger partial charge in [0.15, 0.2) is 6.61 Å². The van der Waals surface area contributed by atoms with E-state index in [2.05, 4.69) is 16.3 Å². The number of amides is 2. The van der Waals surface area contributed by atoms with E-state index in [1.807, 2.05) is 26.0 Å². The molecule has 29 heavy (non-hydrogen) atoms. The van der Waals surface area contributed by atoms with Gasteiger partial charge in [-0.15, -0.1) is 0 Å². The van der Waals surface area contributed by atoms with Gasteiger partial charge in [0.05, 0.1) is 5.92 Å². The number of likely N-dealkylation sites (tertiary alicyclic amines) is 1. The van der Waals surface area contributed by atoms with Crippen LogP contribution in [0.5, 0.6) is 0 Å². The lowest BCUT2D eigenvalue weighted by molar-refractivity contribution is -0.154. The molecule has 0 radical (unpaired) electrons. The summed E-state index contributed by atoms with van der Waals surface area (Å²) in [5.74, 6) is -1.07. The molecule has 2 heterocycles. The number of hydrogen-bond donors (Lipinski definition) is 1. The van der Waals surface area contributed by atoms with Crippen LogP contribution < -0.4 is 10.2 Å². The molecular formula is C22H31N3O4. The van der Waals surface area contributed by atoms with E-state index < -0.39 is 5.97 Å². The number of piperidine rings is 1. The Morgan fingerprint density at radius 3 is 2.59 bits per heavy atom. The number of hydrogen-bond acceptors (Lipinski definition) is 5. The molecule has 7 nitrogen and oxygen atoms in total. The third kappa shape index (κ3) is 5.49. The van der Waals surface area contributed by atoms with Crippen molar-refractivity contribution in [2.24, 2.45) is 5.92 Å². The van der Waals surface area contributed by atoms with Crippen molar-refractivity contribution in [1.29, 1.82) is 0 Å². The second-order valence-corrected chi connectivity index (χ2v) is 7.88. The van der Waals surface area contributed by atoms with Crippen molar-refractivity contribution in [3.8, 4) is 0 Å². The van der Waals surface area contributed by atoms with E-state index in [1.54, 1.807) is 4.90 Å². The van der Waals surface area contributed by atoms with Crippen molar-refractivity contribution < 1.29 is 19.1 Å². The van der Waals surface area contributed by atoms with Crippen LogP contribution in [0.1, 0.15) is 44.6 Å². The summed E-state index contributed by atoms with van der Waals surface area (Å²) in [5.41, 5.74) is 2.88. The summed E-state index contributed by atoms with van der Waals surface area (Å²) in [6.45, 7) is 6.67. The van der Waals surface area contributed by atoms with Gasteiger partial charge in [-0.1, -0.05) is 6.92 Å². The Morgan fingerprint density at radius 2 is 1.90 bits per heavy atom. The maximum absolute atomic E-state index is 12.3. The number of ether oxygens (including phenoxy) is 1. The zero-order valence-electron chi connectivity index (χ0n) is 17.4. The average Bonchev–Trinajstić information content (AvgIpc) is 3.28. The molecule has 2 saturated heterocycles. The maximum Gasteiger partial charge on any atom is 0.311 e. The topological polar surface area (TPSA) is 78.9 Å². The first kappa shape index (κ1) is 21.1. The van der Waals surface area contributed by atoms with Gasteiger partial charge in [-0.25, -0.2) is 0 Å². The molecule has 0 saturated carbocycles. The van der Waals surface area contributed by atoms with E-state index in [4.69, 9.17) is 4.74 Å². The monoisotopic (exact) mass is 401 g/mol. The standard InChI is InChI=1S/C22H31N3O4/c1-3-21(27)25-12-6-7-17(14-25)22(28)29-15-20(26)23-19-9-8-18(13-16(19)2)24-10-4-5-11-24/h8-9,13,17H,3-7,10-12,14-15H2,1-2H3,(H,23,26). The fraction of sp³-hybridized carbons (Fsp3) is 0.591. The third-order valence-electron chi connectivity index (χ3n) is 5.71. The van der Waals surface area contributed by atoms with Gasteiger partial charge < -0.3 is 19.9 Å². The molecule has 0 aromatic heterocycles. The van der Waals surface area contributed by atoms with Gasteiger partial charge in [0.1, 0.15) is 0 Å². The minimum absolute atomic E-state index is 0.0492. The minimum atomic E-state index is -0.408. The molecule has 0 spiro atoms. The van der Waals surface area contributed by atoms with Gasteiger partial charge >= 0.3 is 5.97 Å². The van der Waals surface area contributed by atoms with E-state index in [0.717, 1.165) is 30.8 Å². The first-order chi connectivity index (χ1) is 14.0. The molecule has 2 fully saturated rings. The van der Waals surface area contributed by atoms with Crippen LogP contribution in [0.3, 0.4) is 0 Å². The molecule has 1 atom stereocenters. The fourth-order valence-electron chi connectivity index (χ4n) is 4.02. The van der Waals surface area contributed by atoms with E-state index in [-0.39, 0.29) is 24.3 Å². The predicted octanol–water partition coefficient (Wildman–Crippen LogP) is 2.73. The second kappa shape index (κ2) is 9.76.